The first-order valence-corrected chi connectivity index (χ1v) is 7.26. The molecule has 0 fully saturated rings. The third kappa shape index (κ3) is 5.98. The van der Waals surface area contributed by atoms with Crippen molar-refractivity contribution in [2.45, 2.75) is 58.8 Å². The average Bonchev–Trinajstić information content (AvgIpc) is 2.39. The predicted octanol–water partition coefficient (Wildman–Crippen LogP) is -0.939. The summed E-state index contributed by atoms with van der Waals surface area (Å²) >= 11 is 0. The summed E-state index contributed by atoms with van der Waals surface area (Å²) in [5, 5.41) is 23.3. The SMILES string of the molecule is CC(C)C(NC(=O)C(NC(=O)C(N)C(C)O)C(C)C)C(=O)O. The van der Waals surface area contributed by atoms with E-state index in [-0.39, 0.29) is 11.8 Å². The summed E-state index contributed by atoms with van der Waals surface area (Å²) in [7, 11) is 0. The van der Waals surface area contributed by atoms with Crippen molar-refractivity contribution >= 4 is 17.8 Å². The van der Waals surface area contributed by atoms with E-state index >= 15 is 0 Å². The van der Waals surface area contributed by atoms with Gasteiger partial charge in [0.25, 0.3) is 0 Å². The van der Waals surface area contributed by atoms with Crippen LogP contribution in [0, 0.1) is 11.8 Å². The van der Waals surface area contributed by atoms with Crippen LogP contribution in [0.4, 0.5) is 0 Å². The Morgan fingerprint density at radius 2 is 1.27 bits per heavy atom. The molecular formula is C14H27N3O5. The van der Waals surface area contributed by atoms with Crippen molar-refractivity contribution in [3.63, 3.8) is 0 Å². The number of carboxylic acid groups (broad SMARTS) is 1. The van der Waals surface area contributed by atoms with Crippen molar-refractivity contribution in [1.29, 1.82) is 0 Å². The van der Waals surface area contributed by atoms with Crippen LogP contribution in [-0.2, 0) is 14.4 Å². The number of nitrogens with one attached hydrogen (secondary N) is 2. The third-order valence-corrected chi connectivity index (χ3v) is 3.30. The van der Waals surface area contributed by atoms with Crippen LogP contribution in [-0.4, -0.2) is 52.2 Å². The lowest BCUT2D eigenvalue weighted by atomic mass is 9.99. The summed E-state index contributed by atoms with van der Waals surface area (Å²) < 4.78 is 0. The molecule has 0 saturated heterocycles. The number of hydrogen-bond donors (Lipinski definition) is 5. The van der Waals surface area contributed by atoms with Crippen molar-refractivity contribution in [2.24, 2.45) is 17.6 Å². The Labute approximate surface area is 130 Å². The minimum absolute atomic E-state index is 0.272. The molecule has 8 heteroatoms. The molecule has 0 aromatic carbocycles. The zero-order chi connectivity index (χ0) is 17.6. The number of carbonyl (C=O) groups excluding carboxylic acids is 2. The summed E-state index contributed by atoms with van der Waals surface area (Å²) in [6.07, 6.45) is -1.06. The second-order valence-electron chi connectivity index (χ2n) is 6.07. The molecule has 8 nitrogen and oxygen atoms in total. The van der Waals surface area contributed by atoms with Crippen LogP contribution in [0.3, 0.4) is 0 Å². The molecule has 0 aromatic rings. The van der Waals surface area contributed by atoms with E-state index in [0.717, 1.165) is 0 Å². The zero-order valence-corrected chi connectivity index (χ0v) is 13.7. The largest absolute Gasteiger partial charge is 0.480 e. The molecule has 0 heterocycles. The molecule has 6 N–H and O–H groups in total. The summed E-state index contributed by atoms with van der Waals surface area (Å²) in [4.78, 5) is 35.2. The van der Waals surface area contributed by atoms with E-state index in [1.807, 2.05) is 0 Å². The first kappa shape index (κ1) is 20.3. The van der Waals surface area contributed by atoms with Gasteiger partial charge in [-0.3, -0.25) is 9.59 Å². The number of carboxylic acids is 1. The number of nitrogens with two attached hydrogens (primary N) is 1. The highest BCUT2D eigenvalue weighted by molar-refractivity contribution is 5.92. The van der Waals surface area contributed by atoms with E-state index in [9.17, 15) is 19.5 Å². The van der Waals surface area contributed by atoms with Gasteiger partial charge in [-0.1, -0.05) is 27.7 Å². The first-order valence-electron chi connectivity index (χ1n) is 7.26. The number of aliphatic hydroxyl groups excluding tert-OH is 1. The summed E-state index contributed by atoms with van der Waals surface area (Å²) in [5.74, 6) is -2.98. The third-order valence-electron chi connectivity index (χ3n) is 3.30. The van der Waals surface area contributed by atoms with Crippen LogP contribution in [0.15, 0.2) is 0 Å². The van der Waals surface area contributed by atoms with Gasteiger partial charge in [0, 0.05) is 0 Å². The van der Waals surface area contributed by atoms with Crippen LogP contribution < -0.4 is 16.4 Å². The van der Waals surface area contributed by atoms with Gasteiger partial charge in [0.05, 0.1) is 6.10 Å². The van der Waals surface area contributed by atoms with Gasteiger partial charge >= 0.3 is 5.97 Å². The second kappa shape index (κ2) is 8.70. The van der Waals surface area contributed by atoms with E-state index in [0.29, 0.717) is 0 Å². The van der Waals surface area contributed by atoms with Crippen LogP contribution in [0.2, 0.25) is 0 Å². The lowest BCUT2D eigenvalue weighted by Gasteiger charge is -2.26. The van der Waals surface area contributed by atoms with Gasteiger partial charge in [-0.15, -0.1) is 0 Å². The highest BCUT2D eigenvalue weighted by Gasteiger charge is 2.31. The van der Waals surface area contributed by atoms with Gasteiger partial charge in [-0.2, -0.15) is 0 Å². The zero-order valence-electron chi connectivity index (χ0n) is 13.7. The smallest absolute Gasteiger partial charge is 0.326 e. The van der Waals surface area contributed by atoms with Gasteiger partial charge in [-0.05, 0) is 18.8 Å². The Bertz CT molecular complexity index is 409. The molecule has 0 radical (unpaired) electrons. The highest BCUT2D eigenvalue weighted by atomic mass is 16.4. The van der Waals surface area contributed by atoms with E-state index in [1.165, 1.54) is 6.92 Å². The molecule has 128 valence electrons. The normalized spacial score (nSPS) is 16.8. The average molecular weight is 317 g/mol. The lowest BCUT2D eigenvalue weighted by Crippen LogP contribution is -2.58. The number of amides is 2. The minimum Gasteiger partial charge on any atom is -0.480 e. The fraction of sp³-hybridized carbons (Fsp3) is 0.786. The van der Waals surface area contributed by atoms with E-state index < -0.39 is 42.0 Å². The summed E-state index contributed by atoms with van der Waals surface area (Å²) in [6, 6.07) is -3.14. The maximum Gasteiger partial charge on any atom is 0.326 e. The number of rotatable bonds is 8. The fourth-order valence-electron chi connectivity index (χ4n) is 1.76. The second-order valence-corrected chi connectivity index (χ2v) is 6.07. The van der Waals surface area contributed by atoms with Gasteiger partial charge in [-0.25, -0.2) is 4.79 Å². The maximum atomic E-state index is 12.2. The molecule has 0 aliphatic heterocycles. The molecule has 4 unspecified atom stereocenters. The number of aliphatic hydroxyl groups is 1. The molecule has 0 saturated carbocycles. The van der Waals surface area contributed by atoms with Crippen molar-refractivity contribution in [2.75, 3.05) is 0 Å². The topological polar surface area (TPSA) is 142 Å². The molecule has 0 aliphatic carbocycles. The monoisotopic (exact) mass is 317 g/mol. The standard InChI is InChI=1S/C14H27N3O5/c1-6(2)10(16-12(19)9(15)8(5)18)13(20)17-11(7(3)4)14(21)22/h6-11,18H,15H2,1-5H3,(H,16,19)(H,17,20)(H,21,22). The molecule has 0 aromatic heterocycles. The van der Waals surface area contributed by atoms with Gasteiger partial charge < -0.3 is 26.6 Å². The summed E-state index contributed by atoms with van der Waals surface area (Å²) in [6.45, 7) is 8.14. The Hall–Kier alpha value is -1.67. The molecule has 4 atom stereocenters. The molecule has 0 bridgehead atoms. The molecule has 0 rings (SSSR count). The Balaban J connectivity index is 4.99. The maximum absolute atomic E-state index is 12.2. The molecule has 0 spiro atoms. The van der Waals surface area contributed by atoms with E-state index in [2.05, 4.69) is 10.6 Å². The Kier molecular flexibility index (Phi) is 8.04. The van der Waals surface area contributed by atoms with Gasteiger partial charge in [0.2, 0.25) is 11.8 Å². The Morgan fingerprint density at radius 3 is 1.59 bits per heavy atom. The van der Waals surface area contributed by atoms with Gasteiger partial charge in [0.15, 0.2) is 0 Å². The fourth-order valence-corrected chi connectivity index (χ4v) is 1.76. The van der Waals surface area contributed by atoms with Crippen LogP contribution in [0.1, 0.15) is 34.6 Å². The number of aliphatic carboxylic acids is 1. The molecular weight excluding hydrogens is 290 g/mol. The van der Waals surface area contributed by atoms with Crippen LogP contribution in [0.25, 0.3) is 0 Å². The predicted molar refractivity (Wildman–Crippen MR) is 80.8 cm³/mol. The minimum atomic E-state index is -1.16. The Morgan fingerprint density at radius 1 is 0.864 bits per heavy atom. The van der Waals surface area contributed by atoms with Crippen LogP contribution in [0.5, 0.6) is 0 Å². The highest BCUT2D eigenvalue weighted by Crippen LogP contribution is 2.07. The van der Waals surface area contributed by atoms with E-state index in [4.69, 9.17) is 10.8 Å². The van der Waals surface area contributed by atoms with Crippen molar-refractivity contribution in [3.8, 4) is 0 Å². The lowest BCUT2D eigenvalue weighted by molar-refractivity contribution is -0.143. The molecule has 22 heavy (non-hydrogen) atoms. The molecule has 2 amide bonds. The van der Waals surface area contributed by atoms with Crippen molar-refractivity contribution in [1.82, 2.24) is 10.6 Å². The van der Waals surface area contributed by atoms with Crippen molar-refractivity contribution in [3.05, 3.63) is 0 Å². The quantitative estimate of drug-likeness (QED) is 0.391. The van der Waals surface area contributed by atoms with Gasteiger partial charge in [0.1, 0.15) is 18.1 Å². The number of carbonyl (C=O) groups is 3. The van der Waals surface area contributed by atoms with Crippen LogP contribution >= 0.6 is 0 Å². The molecule has 0 aliphatic rings. The first-order chi connectivity index (χ1) is 9.98. The van der Waals surface area contributed by atoms with E-state index in [1.54, 1.807) is 27.7 Å². The van der Waals surface area contributed by atoms with Crippen molar-refractivity contribution < 1.29 is 24.6 Å². The number of hydrogen-bond acceptors (Lipinski definition) is 5. The summed E-state index contributed by atoms with van der Waals surface area (Å²) in [5.41, 5.74) is 5.52.